The molecule has 0 saturated carbocycles. The van der Waals surface area contributed by atoms with Gasteiger partial charge in [-0.1, -0.05) is 24.3 Å². The Balaban J connectivity index is 1.38. The molecule has 3 heterocycles. The van der Waals surface area contributed by atoms with Crippen LogP contribution in [0.2, 0.25) is 0 Å². The van der Waals surface area contributed by atoms with Gasteiger partial charge >= 0.3 is 5.97 Å². The van der Waals surface area contributed by atoms with Crippen LogP contribution < -0.4 is 15.0 Å². The van der Waals surface area contributed by atoms with E-state index in [2.05, 4.69) is 25.8 Å². The molecule has 0 spiro atoms. The minimum Gasteiger partial charge on any atom is -0.465 e. The first-order valence-corrected chi connectivity index (χ1v) is 13.2. The number of carbonyl (C=O) groups is 1. The largest absolute Gasteiger partial charge is 0.465 e. The lowest BCUT2D eigenvalue weighted by Gasteiger charge is -2.29. The number of pyridine rings is 1. The number of thiocarbonyl (C=S) groups is 1. The number of anilines is 1. The van der Waals surface area contributed by atoms with Crippen molar-refractivity contribution in [2.45, 2.75) is 12.1 Å². The highest BCUT2D eigenvalue weighted by molar-refractivity contribution is 7.80. The minimum atomic E-state index is -0.370. The number of esters is 1. The molecule has 2 atom stereocenters. The van der Waals surface area contributed by atoms with Crippen LogP contribution in [-0.2, 0) is 4.74 Å². The van der Waals surface area contributed by atoms with Crippen LogP contribution in [-0.4, -0.2) is 27.7 Å². The van der Waals surface area contributed by atoms with E-state index in [1.54, 1.807) is 18.3 Å². The van der Waals surface area contributed by atoms with Gasteiger partial charge in [0.05, 0.1) is 24.4 Å². The number of hydrogen-bond donors (Lipinski definition) is 1. The Labute approximate surface area is 237 Å². The molecule has 2 aromatic heterocycles. The van der Waals surface area contributed by atoms with Crippen molar-refractivity contribution in [1.29, 1.82) is 0 Å². The van der Waals surface area contributed by atoms with Gasteiger partial charge in [0.15, 0.2) is 5.11 Å². The van der Waals surface area contributed by atoms with Crippen LogP contribution in [0.1, 0.15) is 33.8 Å². The SMILES string of the molecule is COC(=O)c1ccc(-n2cccc2C2C(c3ccccn3)NC(=S)N2c2ccc(Oc3ccccc3)cc2)cc1. The number of benzene rings is 3. The molecule has 2 unspecified atom stereocenters. The van der Waals surface area contributed by atoms with E-state index in [0.29, 0.717) is 10.7 Å². The maximum atomic E-state index is 12.0. The maximum absolute atomic E-state index is 12.0. The second-order valence-electron chi connectivity index (χ2n) is 9.25. The highest BCUT2D eigenvalue weighted by Crippen LogP contribution is 2.42. The molecule has 7 nitrogen and oxygen atoms in total. The quantitative estimate of drug-likeness (QED) is 0.182. The number of hydrogen-bond acceptors (Lipinski definition) is 5. The van der Waals surface area contributed by atoms with E-state index in [4.69, 9.17) is 21.7 Å². The van der Waals surface area contributed by atoms with E-state index in [0.717, 1.165) is 34.3 Å². The van der Waals surface area contributed by atoms with E-state index >= 15 is 0 Å². The number of para-hydroxylation sites is 1. The Morgan fingerprint density at radius 2 is 1.52 bits per heavy atom. The van der Waals surface area contributed by atoms with Crippen molar-refractivity contribution >= 4 is 29.0 Å². The lowest BCUT2D eigenvalue weighted by molar-refractivity contribution is 0.0600. The number of carbonyl (C=O) groups excluding carboxylic acids is 1. The third-order valence-electron chi connectivity index (χ3n) is 6.84. The van der Waals surface area contributed by atoms with Gasteiger partial charge in [0.1, 0.15) is 17.5 Å². The van der Waals surface area contributed by atoms with Crippen LogP contribution in [0.5, 0.6) is 11.5 Å². The van der Waals surface area contributed by atoms with E-state index in [1.165, 1.54) is 7.11 Å². The van der Waals surface area contributed by atoms with Crippen LogP contribution in [0.25, 0.3) is 5.69 Å². The summed E-state index contributed by atoms with van der Waals surface area (Å²) in [5.41, 5.74) is 4.23. The fraction of sp³-hybridized carbons (Fsp3) is 0.0938. The Morgan fingerprint density at radius 3 is 2.23 bits per heavy atom. The lowest BCUT2D eigenvalue weighted by Crippen LogP contribution is -2.30. The van der Waals surface area contributed by atoms with E-state index in [-0.39, 0.29) is 18.1 Å². The first-order chi connectivity index (χ1) is 19.6. The van der Waals surface area contributed by atoms with Crippen LogP contribution in [0.3, 0.4) is 0 Å². The summed E-state index contributed by atoms with van der Waals surface area (Å²) in [4.78, 5) is 18.8. The molecule has 198 valence electrons. The number of ether oxygens (including phenoxy) is 2. The smallest absolute Gasteiger partial charge is 0.337 e. The van der Waals surface area contributed by atoms with Crippen molar-refractivity contribution in [3.8, 4) is 17.2 Å². The van der Waals surface area contributed by atoms with Gasteiger partial charge in [0.2, 0.25) is 0 Å². The zero-order valence-electron chi connectivity index (χ0n) is 21.7. The number of nitrogens with zero attached hydrogens (tertiary/aromatic N) is 3. The first kappa shape index (κ1) is 25.3. The summed E-state index contributed by atoms with van der Waals surface area (Å²) in [6.45, 7) is 0. The molecule has 40 heavy (non-hydrogen) atoms. The average Bonchev–Trinajstić information content (AvgIpc) is 3.62. The molecule has 8 heteroatoms. The summed E-state index contributed by atoms with van der Waals surface area (Å²) < 4.78 is 13.0. The van der Waals surface area contributed by atoms with Gasteiger partial charge in [-0.05, 0) is 97.1 Å². The summed E-state index contributed by atoms with van der Waals surface area (Å²) in [6.07, 6.45) is 3.80. The van der Waals surface area contributed by atoms with Gasteiger partial charge in [0.25, 0.3) is 0 Å². The second kappa shape index (κ2) is 11.0. The van der Waals surface area contributed by atoms with Crippen molar-refractivity contribution in [3.63, 3.8) is 0 Å². The van der Waals surface area contributed by atoms with Gasteiger partial charge < -0.3 is 24.3 Å². The molecule has 0 aliphatic carbocycles. The van der Waals surface area contributed by atoms with Crippen LogP contribution in [0, 0.1) is 0 Å². The first-order valence-electron chi connectivity index (χ1n) is 12.8. The Morgan fingerprint density at radius 1 is 0.825 bits per heavy atom. The van der Waals surface area contributed by atoms with Crippen LogP contribution in [0.4, 0.5) is 5.69 Å². The standard InChI is InChI=1S/C32H26N4O3S/c1-38-31(37)22-12-14-23(15-13-22)35-21-7-11-28(35)30-29(27-10-5-6-20-33-27)34-32(40)36(30)24-16-18-26(19-17-24)39-25-8-3-2-4-9-25/h2-21,29-30H,1H3,(H,34,40). The summed E-state index contributed by atoms with van der Waals surface area (Å²) >= 11 is 5.90. The molecule has 1 aliphatic heterocycles. The molecule has 0 radical (unpaired) electrons. The average molecular weight is 547 g/mol. The van der Waals surface area contributed by atoms with Gasteiger partial charge in [-0.3, -0.25) is 4.98 Å². The third-order valence-corrected chi connectivity index (χ3v) is 7.16. The fourth-order valence-electron chi connectivity index (χ4n) is 4.98. The Bertz CT molecular complexity index is 1620. The molecule has 0 bridgehead atoms. The molecule has 1 saturated heterocycles. The Hall–Kier alpha value is -4.95. The number of nitrogens with one attached hydrogen (secondary N) is 1. The zero-order valence-corrected chi connectivity index (χ0v) is 22.5. The van der Waals surface area contributed by atoms with Gasteiger partial charge in [-0.25, -0.2) is 4.79 Å². The van der Waals surface area contributed by atoms with Crippen molar-refractivity contribution in [3.05, 3.63) is 139 Å². The fourth-order valence-corrected chi connectivity index (χ4v) is 5.32. The van der Waals surface area contributed by atoms with Crippen LogP contribution >= 0.6 is 12.2 Å². The molecule has 1 N–H and O–H groups in total. The van der Waals surface area contributed by atoms with Crippen molar-refractivity contribution in [2.75, 3.05) is 12.0 Å². The monoisotopic (exact) mass is 546 g/mol. The third kappa shape index (κ3) is 4.92. The highest BCUT2D eigenvalue weighted by Gasteiger charge is 2.42. The van der Waals surface area contributed by atoms with E-state index < -0.39 is 0 Å². The summed E-state index contributed by atoms with van der Waals surface area (Å²) in [5, 5.41) is 4.11. The highest BCUT2D eigenvalue weighted by atomic mass is 32.1. The van der Waals surface area contributed by atoms with Crippen LogP contribution in [0.15, 0.2) is 122 Å². The summed E-state index contributed by atoms with van der Waals surface area (Å²) in [7, 11) is 1.38. The number of aromatic nitrogens is 2. The van der Waals surface area contributed by atoms with E-state index in [1.807, 2.05) is 97.2 Å². The lowest BCUT2D eigenvalue weighted by atomic mass is 10.0. The van der Waals surface area contributed by atoms with Crippen molar-refractivity contribution < 1.29 is 14.3 Å². The minimum absolute atomic E-state index is 0.197. The maximum Gasteiger partial charge on any atom is 0.337 e. The predicted octanol–water partition coefficient (Wildman–Crippen LogP) is 6.63. The van der Waals surface area contributed by atoms with Gasteiger partial charge in [-0.15, -0.1) is 0 Å². The molecular weight excluding hydrogens is 520 g/mol. The Kier molecular flexibility index (Phi) is 6.99. The molecule has 1 aliphatic rings. The van der Waals surface area contributed by atoms with Crippen molar-refractivity contribution in [2.24, 2.45) is 0 Å². The number of methoxy groups -OCH3 is 1. The molecule has 0 amide bonds. The summed E-state index contributed by atoms with van der Waals surface area (Å²) in [6, 6.07) is 34.5. The van der Waals surface area contributed by atoms with Gasteiger partial charge in [0, 0.05) is 29.5 Å². The normalized spacial score (nSPS) is 16.4. The molecule has 6 rings (SSSR count). The summed E-state index contributed by atoms with van der Waals surface area (Å²) in [5.74, 6) is 1.14. The predicted molar refractivity (Wildman–Crippen MR) is 158 cm³/mol. The number of rotatable bonds is 7. The molecule has 3 aromatic carbocycles. The van der Waals surface area contributed by atoms with E-state index in [9.17, 15) is 4.79 Å². The molecule has 1 fully saturated rings. The molecule has 5 aromatic rings. The molecular formula is C32H26N4O3S. The van der Waals surface area contributed by atoms with Gasteiger partial charge in [-0.2, -0.15) is 0 Å². The topological polar surface area (TPSA) is 68.6 Å². The zero-order chi connectivity index (χ0) is 27.5. The second-order valence-corrected chi connectivity index (χ2v) is 9.63. The van der Waals surface area contributed by atoms with Crippen molar-refractivity contribution in [1.82, 2.24) is 14.9 Å².